The molecule has 19 heavy (non-hydrogen) atoms. The van der Waals surface area contributed by atoms with Crippen molar-refractivity contribution in [2.45, 2.75) is 6.18 Å². The van der Waals surface area contributed by atoms with Crippen LogP contribution in [0, 0.1) is 0 Å². The molecule has 0 fully saturated rings. The molecule has 0 aromatic heterocycles. The van der Waals surface area contributed by atoms with Crippen LogP contribution in [-0.4, -0.2) is 0 Å². The highest BCUT2D eigenvalue weighted by atomic mass is 19.4. The van der Waals surface area contributed by atoms with E-state index < -0.39 is 11.7 Å². The van der Waals surface area contributed by atoms with E-state index in [2.05, 4.69) is 0 Å². The quantitative estimate of drug-likeness (QED) is 0.817. The lowest BCUT2D eigenvalue weighted by Crippen LogP contribution is -2.05. The highest BCUT2D eigenvalue weighted by Crippen LogP contribution is 2.35. The van der Waals surface area contributed by atoms with Crippen LogP contribution in [0.5, 0.6) is 11.5 Å². The zero-order valence-electron chi connectivity index (χ0n) is 9.74. The fourth-order valence-electron chi connectivity index (χ4n) is 1.48. The average molecular weight is 268 g/mol. The van der Waals surface area contributed by atoms with Crippen LogP contribution in [0.2, 0.25) is 0 Å². The Morgan fingerprint density at radius 2 is 1.53 bits per heavy atom. The van der Waals surface area contributed by atoms with Gasteiger partial charge in [0, 0.05) is 5.69 Å². The van der Waals surface area contributed by atoms with E-state index in [0.29, 0.717) is 11.4 Å². The summed E-state index contributed by atoms with van der Waals surface area (Å²) in [5.41, 5.74) is 10.7. The molecule has 0 heterocycles. The number of benzene rings is 2. The van der Waals surface area contributed by atoms with Crippen LogP contribution in [0.3, 0.4) is 0 Å². The van der Waals surface area contributed by atoms with Crippen LogP contribution < -0.4 is 16.2 Å². The summed E-state index contributed by atoms with van der Waals surface area (Å²) in [7, 11) is 0. The summed E-state index contributed by atoms with van der Waals surface area (Å²) in [6.45, 7) is 0. The number of anilines is 2. The molecule has 4 N–H and O–H groups in total. The molecule has 2 rings (SSSR count). The molecule has 0 radical (unpaired) electrons. The maximum atomic E-state index is 12.5. The number of rotatable bonds is 2. The first-order valence-electron chi connectivity index (χ1n) is 5.36. The number of hydrogen-bond acceptors (Lipinski definition) is 3. The lowest BCUT2D eigenvalue weighted by atomic mass is 10.2. The Balaban J connectivity index is 2.24. The van der Waals surface area contributed by atoms with Gasteiger partial charge in [0.1, 0.15) is 11.5 Å². The van der Waals surface area contributed by atoms with Gasteiger partial charge in [0.15, 0.2) is 0 Å². The molecule has 0 aliphatic carbocycles. The molecule has 0 aliphatic heterocycles. The Morgan fingerprint density at radius 1 is 0.895 bits per heavy atom. The second kappa shape index (κ2) is 4.72. The molecule has 6 heteroatoms. The first-order valence-corrected chi connectivity index (χ1v) is 5.36. The summed E-state index contributed by atoms with van der Waals surface area (Å²) in [6, 6.07) is 9.40. The van der Waals surface area contributed by atoms with Gasteiger partial charge in [-0.25, -0.2) is 0 Å². The van der Waals surface area contributed by atoms with Gasteiger partial charge in [0.05, 0.1) is 11.3 Å². The molecule has 0 saturated heterocycles. The van der Waals surface area contributed by atoms with Crippen molar-refractivity contribution in [1.29, 1.82) is 0 Å². The Morgan fingerprint density at radius 3 is 2.05 bits per heavy atom. The largest absolute Gasteiger partial charge is 0.455 e. The molecule has 0 spiro atoms. The minimum Gasteiger partial charge on any atom is -0.455 e. The fourth-order valence-corrected chi connectivity index (χ4v) is 1.48. The van der Waals surface area contributed by atoms with Crippen LogP contribution >= 0.6 is 0 Å². The van der Waals surface area contributed by atoms with Crippen LogP contribution in [0.25, 0.3) is 0 Å². The number of halogens is 3. The summed E-state index contributed by atoms with van der Waals surface area (Å²) < 4.78 is 42.8. The zero-order chi connectivity index (χ0) is 14.0. The van der Waals surface area contributed by atoms with Gasteiger partial charge in [0.25, 0.3) is 0 Å². The Bertz CT molecular complexity index is 579. The van der Waals surface area contributed by atoms with Gasteiger partial charge in [-0.3, -0.25) is 0 Å². The van der Waals surface area contributed by atoms with Crippen LogP contribution in [0.1, 0.15) is 5.56 Å². The second-order valence-electron chi connectivity index (χ2n) is 3.92. The first kappa shape index (κ1) is 13.1. The van der Waals surface area contributed by atoms with E-state index in [1.54, 1.807) is 24.3 Å². The van der Waals surface area contributed by atoms with E-state index in [-0.39, 0.29) is 11.4 Å². The van der Waals surface area contributed by atoms with Gasteiger partial charge in [-0.05, 0) is 42.5 Å². The molecule has 0 bridgehead atoms. The highest BCUT2D eigenvalue weighted by Gasteiger charge is 2.30. The summed E-state index contributed by atoms with van der Waals surface area (Å²) in [5, 5.41) is 0. The van der Waals surface area contributed by atoms with Gasteiger partial charge in [-0.2, -0.15) is 13.2 Å². The number of alkyl halides is 3. The molecule has 100 valence electrons. The number of hydrogen-bond donors (Lipinski definition) is 2. The highest BCUT2D eigenvalue weighted by molar-refractivity contribution is 5.56. The molecule has 0 atom stereocenters. The SMILES string of the molecule is Nc1ccc(Oc2ccc(C(F)(F)F)cc2N)cc1. The molecular formula is C13H11F3N2O. The Kier molecular flexibility index (Phi) is 3.25. The molecule has 3 nitrogen and oxygen atoms in total. The number of nitrogen functional groups attached to an aromatic ring is 2. The summed E-state index contributed by atoms with van der Waals surface area (Å²) >= 11 is 0. The van der Waals surface area contributed by atoms with Gasteiger partial charge < -0.3 is 16.2 Å². The van der Waals surface area contributed by atoms with Crippen molar-refractivity contribution >= 4 is 11.4 Å². The lowest BCUT2D eigenvalue weighted by molar-refractivity contribution is -0.137. The standard InChI is InChI=1S/C13H11F3N2O/c14-13(15,16)8-1-6-12(11(18)7-8)19-10-4-2-9(17)3-5-10/h1-7H,17-18H2. The van der Waals surface area contributed by atoms with E-state index in [1.807, 2.05) is 0 Å². The minimum atomic E-state index is -4.42. The predicted molar refractivity (Wildman–Crippen MR) is 66.8 cm³/mol. The summed E-state index contributed by atoms with van der Waals surface area (Å²) in [6.07, 6.45) is -4.42. The monoisotopic (exact) mass is 268 g/mol. The molecule has 2 aromatic carbocycles. The van der Waals surface area contributed by atoms with Crippen molar-refractivity contribution in [2.24, 2.45) is 0 Å². The average Bonchev–Trinajstić information content (AvgIpc) is 2.33. The normalized spacial score (nSPS) is 11.3. The van der Waals surface area contributed by atoms with Crippen molar-refractivity contribution in [3.8, 4) is 11.5 Å². The molecule has 0 aliphatic rings. The third kappa shape index (κ3) is 3.09. The third-order valence-corrected chi connectivity index (χ3v) is 2.45. The topological polar surface area (TPSA) is 61.3 Å². The molecule has 2 aromatic rings. The molecular weight excluding hydrogens is 257 g/mol. The van der Waals surface area contributed by atoms with Crippen LogP contribution in [0.15, 0.2) is 42.5 Å². The molecule has 0 saturated carbocycles. The minimum absolute atomic E-state index is 0.0772. The van der Waals surface area contributed by atoms with Crippen molar-refractivity contribution in [3.63, 3.8) is 0 Å². The van der Waals surface area contributed by atoms with Gasteiger partial charge in [-0.1, -0.05) is 0 Å². The Labute approximate surface area is 107 Å². The van der Waals surface area contributed by atoms with E-state index >= 15 is 0 Å². The van der Waals surface area contributed by atoms with Gasteiger partial charge >= 0.3 is 6.18 Å². The van der Waals surface area contributed by atoms with E-state index in [1.165, 1.54) is 6.07 Å². The fraction of sp³-hybridized carbons (Fsp3) is 0.0769. The van der Waals surface area contributed by atoms with Gasteiger partial charge in [0.2, 0.25) is 0 Å². The van der Waals surface area contributed by atoms with Crippen molar-refractivity contribution < 1.29 is 17.9 Å². The van der Waals surface area contributed by atoms with E-state index in [0.717, 1.165) is 12.1 Å². The molecule has 0 unspecified atom stereocenters. The first-order chi connectivity index (χ1) is 8.86. The smallest absolute Gasteiger partial charge is 0.416 e. The van der Waals surface area contributed by atoms with Crippen LogP contribution in [0.4, 0.5) is 24.5 Å². The zero-order valence-corrected chi connectivity index (χ0v) is 9.74. The summed E-state index contributed by atoms with van der Waals surface area (Å²) in [4.78, 5) is 0. The number of nitrogens with two attached hydrogens (primary N) is 2. The van der Waals surface area contributed by atoms with Crippen molar-refractivity contribution in [3.05, 3.63) is 48.0 Å². The lowest BCUT2D eigenvalue weighted by Gasteiger charge is -2.11. The third-order valence-electron chi connectivity index (χ3n) is 2.45. The second-order valence-corrected chi connectivity index (χ2v) is 3.92. The van der Waals surface area contributed by atoms with Crippen LogP contribution in [-0.2, 0) is 6.18 Å². The van der Waals surface area contributed by atoms with Crippen molar-refractivity contribution in [1.82, 2.24) is 0 Å². The summed E-state index contributed by atoms with van der Waals surface area (Å²) in [5.74, 6) is 0.610. The Hall–Kier alpha value is -2.37. The maximum absolute atomic E-state index is 12.5. The van der Waals surface area contributed by atoms with E-state index in [9.17, 15) is 13.2 Å². The van der Waals surface area contributed by atoms with E-state index in [4.69, 9.17) is 16.2 Å². The number of ether oxygens (including phenoxy) is 1. The van der Waals surface area contributed by atoms with Gasteiger partial charge in [-0.15, -0.1) is 0 Å². The molecule has 0 amide bonds. The van der Waals surface area contributed by atoms with Crippen molar-refractivity contribution in [2.75, 3.05) is 11.5 Å². The predicted octanol–water partition coefficient (Wildman–Crippen LogP) is 3.66. The maximum Gasteiger partial charge on any atom is 0.416 e.